The first-order valence-corrected chi connectivity index (χ1v) is 13.7. The van der Waals surface area contributed by atoms with Gasteiger partial charge in [0.2, 0.25) is 0 Å². The molecule has 6 heteroatoms. The van der Waals surface area contributed by atoms with Gasteiger partial charge in [0.15, 0.2) is 5.11 Å². The lowest BCUT2D eigenvalue weighted by molar-refractivity contribution is 0.0358. The summed E-state index contributed by atoms with van der Waals surface area (Å²) in [6, 6.07) is 13.6. The fourth-order valence-electron chi connectivity index (χ4n) is 5.03. The molecule has 0 unspecified atom stereocenters. The molecule has 190 valence electrons. The zero-order chi connectivity index (χ0) is 24.6. The third kappa shape index (κ3) is 7.18. The number of hydrogen-bond acceptors (Lipinski definition) is 4. The molecule has 1 N–H and O–H groups in total. The van der Waals surface area contributed by atoms with Crippen molar-refractivity contribution in [2.45, 2.75) is 53.0 Å². The van der Waals surface area contributed by atoms with Crippen LogP contribution < -0.4 is 10.2 Å². The van der Waals surface area contributed by atoms with Gasteiger partial charge in [-0.05, 0) is 79.7 Å². The van der Waals surface area contributed by atoms with Gasteiger partial charge in [0.1, 0.15) is 0 Å². The lowest BCUT2D eigenvalue weighted by Crippen LogP contribution is -2.44. The second-order valence-corrected chi connectivity index (χ2v) is 10.4. The Kier molecular flexibility index (Phi) is 9.41. The number of thiocarbonyl (C=S) groups is 1. The third-order valence-electron chi connectivity index (χ3n) is 7.23. The highest BCUT2D eigenvalue weighted by Crippen LogP contribution is 2.29. The molecular formula is C29H42N4OS. The number of benzene rings is 2. The van der Waals surface area contributed by atoms with Gasteiger partial charge in [0.25, 0.3) is 0 Å². The Labute approximate surface area is 217 Å². The fraction of sp³-hybridized carbons (Fsp3) is 0.552. The molecular weight excluding hydrogens is 452 g/mol. The molecule has 4 rings (SSSR count). The predicted molar refractivity (Wildman–Crippen MR) is 152 cm³/mol. The normalized spacial score (nSPS) is 16.1. The SMILES string of the molecule is CCCCN1CCCc2cc(CN(CCN3CCOCC3)C(=S)Nc3cc(C)ccc3C)ccc21. The van der Waals surface area contributed by atoms with E-state index in [4.69, 9.17) is 17.0 Å². The van der Waals surface area contributed by atoms with Gasteiger partial charge in [-0.2, -0.15) is 0 Å². The van der Waals surface area contributed by atoms with Crippen molar-refractivity contribution in [3.63, 3.8) is 0 Å². The van der Waals surface area contributed by atoms with Crippen LogP contribution in [0.25, 0.3) is 0 Å². The van der Waals surface area contributed by atoms with Crippen LogP contribution in [0.5, 0.6) is 0 Å². The minimum atomic E-state index is 0.800. The van der Waals surface area contributed by atoms with E-state index in [2.05, 4.69) is 77.2 Å². The first kappa shape index (κ1) is 25.9. The van der Waals surface area contributed by atoms with Gasteiger partial charge in [0, 0.05) is 57.2 Å². The maximum absolute atomic E-state index is 5.98. The molecule has 0 radical (unpaired) electrons. The Balaban J connectivity index is 1.49. The molecule has 2 aliphatic heterocycles. The summed E-state index contributed by atoms with van der Waals surface area (Å²) < 4.78 is 5.54. The summed E-state index contributed by atoms with van der Waals surface area (Å²) in [6.07, 6.45) is 4.92. The Morgan fingerprint density at radius 2 is 1.89 bits per heavy atom. The largest absolute Gasteiger partial charge is 0.379 e. The van der Waals surface area contributed by atoms with E-state index in [1.54, 1.807) is 0 Å². The van der Waals surface area contributed by atoms with Crippen LogP contribution >= 0.6 is 12.2 Å². The summed E-state index contributed by atoms with van der Waals surface area (Å²) >= 11 is 5.98. The topological polar surface area (TPSA) is 31.0 Å². The molecule has 0 bridgehead atoms. The van der Waals surface area contributed by atoms with E-state index in [9.17, 15) is 0 Å². The monoisotopic (exact) mass is 494 g/mol. The summed E-state index contributed by atoms with van der Waals surface area (Å²) in [5.74, 6) is 0. The van der Waals surface area contributed by atoms with Gasteiger partial charge in [-0.25, -0.2) is 0 Å². The first-order valence-electron chi connectivity index (χ1n) is 13.3. The van der Waals surface area contributed by atoms with Crippen molar-refractivity contribution in [2.24, 2.45) is 0 Å². The number of nitrogens with one attached hydrogen (secondary N) is 1. The fourth-order valence-corrected chi connectivity index (χ4v) is 5.30. The molecule has 0 saturated carbocycles. The number of aryl methyl sites for hydroxylation is 3. The average Bonchev–Trinajstić information content (AvgIpc) is 2.87. The molecule has 35 heavy (non-hydrogen) atoms. The van der Waals surface area contributed by atoms with Crippen molar-refractivity contribution in [3.8, 4) is 0 Å². The van der Waals surface area contributed by atoms with Gasteiger partial charge in [-0.3, -0.25) is 4.90 Å². The highest BCUT2D eigenvalue weighted by Gasteiger charge is 2.19. The molecule has 5 nitrogen and oxygen atoms in total. The number of unbranched alkanes of at least 4 members (excludes halogenated alkanes) is 1. The van der Waals surface area contributed by atoms with Crippen molar-refractivity contribution in [3.05, 3.63) is 58.7 Å². The van der Waals surface area contributed by atoms with Gasteiger partial charge in [-0.15, -0.1) is 0 Å². The van der Waals surface area contributed by atoms with E-state index in [-0.39, 0.29) is 0 Å². The number of fused-ring (bicyclic) bond motifs is 1. The lowest BCUT2D eigenvalue weighted by Gasteiger charge is -2.33. The number of nitrogens with zero attached hydrogens (tertiary/aromatic N) is 3. The molecule has 0 aliphatic carbocycles. The number of morpholine rings is 1. The van der Waals surface area contributed by atoms with Crippen molar-refractivity contribution in [2.75, 3.05) is 62.7 Å². The van der Waals surface area contributed by atoms with Crippen LogP contribution in [0.1, 0.15) is 48.4 Å². The number of rotatable bonds is 9. The van der Waals surface area contributed by atoms with E-state index in [0.29, 0.717) is 0 Å². The number of anilines is 2. The molecule has 2 aromatic carbocycles. The molecule has 2 aromatic rings. The van der Waals surface area contributed by atoms with Crippen LogP contribution in [0.4, 0.5) is 11.4 Å². The molecule has 1 fully saturated rings. The Bertz CT molecular complexity index is 989. The average molecular weight is 495 g/mol. The maximum atomic E-state index is 5.98. The van der Waals surface area contributed by atoms with Crippen LogP contribution in [0.15, 0.2) is 36.4 Å². The second kappa shape index (κ2) is 12.7. The van der Waals surface area contributed by atoms with E-state index in [1.165, 1.54) is 66.7 Å². The van der Waals surface area contributed by atoms with Crippen LogP contribution in [0.2, 0.25) is 0 Å². The predicted octanol–water partition coefficient (Wildman–Crippen LogP) is 5.39. The minimum absolute atomic E-state index is 0.800. The van der Waals surface area contributed by atoms with E-state index >= 15 is 0 Å². The van der Waals surface area contributed by atoms with Crippen molar-refractivity contribution in [1.29, 1.82) is 0 Å². The molecule has 0 amide bonds. The third-order valence-corrected chi connectivity index (χ3v) is 7.59. The minimum Gasteiger partial charge on any atom is -0.379 e. The maximum Gasteiger partial charge on any atom is 0.173 e. The summed E-state index contributed by atoms with van der Waals surface area (Å²) in [6.45, 7) is 15.2. The molecule has 0 spiro atoms. The van der Waals surface area contributed by atoms with Crippen LogP contribution in [0, 0.1) is 13.8 Å². The summed E-state index contributed by atoms with van der Waals surface area (Å²) in [4.78, 5) is 7.40. The van der Waals surface area contributed by atoms with Crippen molar-refractivity contribution < 1.29 is 4.74 Å². The molecule has 0 aromatic heterocycles. The van der Waals surface area contributed by atoms with Gasteiger partial charge < -0.3 is 19.9 Å². The zero-order valence-corrected chi connectivity index (χ0v) is 22.6. The Hall–Kier alpha value is -2.15. The highest BCUT2D eigenvalue weighted by molar-refractivity contribution is 7.80. The van der Waals surface area contributed by atoms with Crippen LogP contribution in [-0.4, -0.2) is 67.4 Å². The summed E-state index contributed by atoms with van der Waals surface area (Å²) in [5, 5.41) is 4.36. The van der Waals surface area contributed by atoms with E-state index in [0.717, 1.165) is 56.7 Å². The molecule has 1 saturated heterocycles. The van der Waals surface area contributed by atoms with Crippen LogP contribution in [0.3, 0.4) is 0 Å². The Morgan fingerprint density at radius 3 is 2.69 bits per heavy atom. The second-order valence-electron chi connectivity index (χ2n) is 10.0. The van der Waals surface area contributed by atoms with Gasteiger partial charge in [0.05, 0.1) is 13.2 Å². The van der Waals surface area contributed by atoms with E-state index < -0.39 is 0 Å². The van der Waals surface area contributed by atoms with Crippen LogP contribution in [-0.2, 0) is 17.7 Å². The quantitative estimate of drug-likeness (QED) is 0.471. The lowest BCUT2D eigenvalue weighted by atomic mass is 9.98. The molecule has 0 atom stereocenters. The Morgan fingerprint density at radius 1 is 1.06 bits per heavy atom. The highest BCUT2D eigenvalue weighted by atomic mass is 32.1. The first-order chi connectivity index (χ1) is 17.0. The number of ether oxygens (including phenoxy) is 1. The summed E-state index contributed by atoms with van der Waals surface area (Å²) in [7, 11) is 0. The van der Waals surface area contributed by atoms with Gasteiger partial charge >= 0.3 is 0 Å². The zero-order valence-electron chi connectivity index (χ0n) is 21.8. The van der Waals surface area contributed by atoms with Gasteiger partial charge in [-0.1, -0.05) is 37.6 Å². The van der Waals surface area contributed by atoms with Crippen molar-refractivity contribution in [1.82, 2.24) is 9.80 Å². The standard InChI is InChI=1S/C29H42N4OS/c1-4-5-12-32-13-6-7-26-21-25(10-11-28(26)32)22-33(15-14-31-16-18-34-19-17-31)29(35)30-27-20-23(2)8-9-24(27)3/h8-11,20-21H,4-7,12-19,22H2,1-3H3,(H,30,35). The smallest absolute Gasteiger partial charge is 0.173 e. The summed E-state index contributed by atoms with van der Waals surface area (Å²) in [5.41, 5.74) is 7.82. The molecule has 2 aliphatic rings. The van der Waals surface area contributed by atoms with Crippen molar-refractivity contribution >= 4 is 28.7 Å². The van der Waals surface area contributed by atoms with E-state index in [1.807, 2.05) is 0 Å². The number of hydrogen-bond donors (Lipinski definition) is 1. The molecule has 2 heterocycles.